The van der Waals surface area contributed by atoms with E-state index in [0.717, 1.165) is 12.1 Å². The van der Waals surface area contributed by atoms with E-state index in [0.29, 0.717) is 24.4 Å². The smallest absolute Gasteiger partial charge is 0.245 e. The van der Waals surface area contributed by atoms with Gasteiger partial charge in [-0.15, -0.1) is 0 Å². The van der Waals surface area contributed by atoms with Crippen molar-refractivity contribution >= 4 is 21.6 Å². The van der Waals surface area contributed by atoms with E-state index in [2.05, 4.69) is 4.72 Å². The van der Waals surface area contributed by atoms with Crippen molar-refractivity contribution in [1.82, 2.24) is 4.72 Å². The van der Waals surface area contributed by atoms with Gasteiger partial charge in [-0.2, -0.15) is 4.72 Å². The van der Waals surface area contributed by atoms with Crippen LogP contribution in [0.25, 0.3) is 0 Å². The number of anilines is 1. The van der Waals surface area contributed by atoms with E-state index in [1.807, 2.05) is 0 Å². The molecule has 1 heterocycles. The maximum Gasteiger partial charge on any atom is 0.245 e. The summed E-state index contributed by atoms with van der Waals surface area (Å²) < 4.78 is 45.4. The van der Waals surface area contributed by atoms with Crippen LogP contribution in [0.1, 0.15) is 6.42 Å². The maximum atomic E-state index is 13.3. The predicted molar refractivity (Wildman–Crippen MR) is 90.5 cm³/mol. The van der Waals surface area contributed by atoms with Crippen molar-refractivity contribution in [3.63, 3.8) is 0 Å². The normalized spacial score (nSPS) is 17.8. The molecule has 1 N–H and O–H groups in total. The second kappa shape index (κ2) is 6.81. The summed E-state index contributed by atoms with van der Waals surface area (Å²) in [5.74, 6) is -0.329. The van der Waals surface area contributed by atoms with Crippen LogP contribution in [-0.2, 0) is 14.8 Å². The van der Waals surface area contributed by atoms with Gasteiger partial charge in [-0.3, -0.25) is 4.79 Å². The molecule has 25 heavy (non-hydrogen) atoms. The molecule has 1 amide bonds. The molecule has 2 aromatic rings. The van der Waals surface area contributed by atoms with Gasteiger partial charge >= 0.3 is 0 Å². The zero-order valence-electron chi connectivity index (χ0n) is 13.5. The zero-order chi connectivity index (χ0) is 18.0. The van der Waals surface area contributed by atoms with Crippen molar-refractivity contribution in [2.24, 2.45) is 0 Å². The SMILES string of the molecule is COc1ccc(N2CC[C@H](NS(=O)(=O)c3cccc(F)c3)C2=O)cc1. The Morgan fingerprint density at radius 2 is 1.92 bits per heavy atom. The number of methoxy groups -OCH3 is 1. The van der Waals surface area contributed by atoms with Gasteiger partial charge in [0.05, 0.1) is 12.0 Å². The molecule has 6 nitrogen and oxygen atoms in total. The molecule has 0 spiro atoms. The van der Waals surface area contributed by atoms with E-state index in [-0.39, 0.29) is 10.8 Å². The standard InChI is InChI=1S/C17H17FN2O4S/c1-24-14-7-5-13(6-8-14)20-10-9-16(17(20)21)19-25(22,23)15-4-2-3-12(18)11-15/h2-8,11,16,19H,9-10H2,1H3/t16-/m0/s1. The average Bonchev–Trinajstić information content (AvgIpc) is 2.95. The number of carbonyl (C=O) groups is 1. The summed E-state index contributed by atoms with van der Waals surface area (Å²) in [6, 6.07) is 10.7. The summed E-state index contributed by atoms with van der Waals surface area (Å²) in [6.07, 6.45) is 0.333. The number of ether oxygens (including phenoxy) is 1. The van der Waals surface area contributed by atoms with Crippen molar-refractivity contribution in [3.8, 4) is 5.75 Å². The molecular formula is C17H17FN2O4S. The number of hydrogen-bond donors (Lipinski definition) is 1. The minimum Gasteiger partial charge on any atom is -0.497 e. The van der Waals surface area contributed by atoms with Gasteiger partial charge in [-0.1, -0.05) is 6.07 Å². The van der Waals surface area contributed by atoms with E-state index in [1.165, 1.54) is 17.0 Å². The number of halogens is 1. The second-order valence-electron chi connectivity index (χ2n) is 5.61. The van der Waals surface area contributed by atoms with Gasteiger partial charge in [-0.25, -0.2) is 12.8 Å². The molecule has 1 aliphatic rings. The third-order valence-electron chi connectivity index (χ3n) is 3.99. The fraction of sp³-hybridized carbons (Fsp3) is 0.235. The Balaban J connectivity index is 1.75. The summed E-state index contributed by atoms with van der Waals surface area (Å²) in [5, 5.41) is 0. The predicted octanol–water partition coefficient (Wildman–Crippen LogP) is 1.92. The maximum absolute atomic E-state index is 13.3. The molecule has 0 saturated carbocycles. The molecule has 1 atom stereocenters. The fourth-order valence-corrected chi connectivity index (χ4v) is 3.95. The van der Waals surface area contributed by atoms with Crippen LogP contribution >= 0.6 is 0 Å². The third-order valence-corrected chi connectivity index (χ3v) is 5.46. The molecule has 0 bridgehead atoms. The molecule has 132 valence electrons. The first kappa shape index (κ1) is 17.4. The number of sulfonamides is 1. The second-order valence-corrected chi connectivity index (χ2v) is 7.32. The van der Waals surface area contributed by atoms with Gasteiger partial charge in [0.15, 0.2) is 0 Å². The highest BCUT2D eigenvalue weighted by Crippen LogP contribution is 2.25. The summed E-state index contributed by atoms with van der Waals surface area (Å²) in [4.78, 5) is 13.8. The van der Waals surface area contributed by atoms with E-state index in [9.17, 15) is 17.6 Å². The van der Waals surface area contributed by atoms with E-state index in [4.69, 9.17) is 4.74 Å². The van der Waals surface area contributed by atoms with Crippen molar-refractivity contribution < 1.29 is 22.3 Å². The zero-order valence-corrected chi connectivity index (χ0v) is 14.3. The summed E-state index contributed by atoms with van der Waals surface area (Å²) >= 11 is 0. The molecule has 0 radical (unpaired) electrons. The Hall–Kier alpha value is -2.45. The number of nitrogens with zero attached hydrogens (tertiary/aromatic N) is 1. The first-order valence-electron chi connectivity index (χ1n) is 7.64. The van der Waals surface area contributed by atoms with Crippen LogP contribution < -0.4 is 14.4 Å². The first-order valence-corrected chi connectivity index (χ1v) is 9.12. The van der Waals surface area contributed by atoms with Crippen molar-refractivity contribution in [3.05, 3.63) is 54.3 Å². The Morgan fingerprint density at radius 3 is 2.56 bits per heavy atom. The highest BCUT2D eigenvalue weighted by atomic mass is 32.2. The molecule has 1 fully saturated rings. The molecular weight excluding hydrogens is 347 g/mol. The molecule has 2 aromatic carbocycles. The summed E-state index contributed by atoms with van der Waals surface area (Å²) in [7, 11) is -2.42. The first-order chi connectivity index (χ1) is 11.9. The van der Waals surface area contributed by atoms with Crippen LogP contribution in [-0.4, -0.2) is 34.0 Å². The number of benzene rings is 2. The number of amides is 1. The van der Waals surface area contributed by atoms with Crippen molar-refractivity contribution in [2.45, 2.75) is 17.4 Å². The monoisotopic (exact) mass is 364 g/mol. The van der Waals surface area contributed by atoms with Crippen molar-refractivity contribution in [2.75, 3.05) is 18.6 Å². The molecule has 0 unspecified atom stereocenters. The van der Waals surface area contributed by atoms with Crippen LogP contribution in [0, 0.1) is 5.82 Å². The Morgan fingerprint density at radius 1 is 1.20 bits per heavy atom. The lowest BCUT2D eigenvalue weighted by Gasteiger charge is -2.17. The lowest BCUT2D eigenvalue weighted by Crippen LogP contribution is -2.41. The number of carbonyl (C=O) groups excluding carboxylic acids is 1. The quantitative estimate of drug-likeness (QED) is 0.880. The van der Waals surface area contributed by atoms with Crippen LogP contribution in [0.5, 0.6) is 5.75 Å². The van der Waals surface area contributed by atoms with E-state index in [1.54, 1.807) is 31.4 Å². The molecule has 1 aliphatic heterocycles. The molecule has 8 heteroatoms. The van der Waals surface area contributed by atoms with Crippen LogP contribution in [0.15, 0.2) is 53.4 Å². The number of rotatable bonds is 5. The van der Waals surface area contributed by atoms with Crippen LogP contribution in [0.2, 0.25) is 0 Å². The lowest BCUT2D eigenvalue weighted by atomic mass is 10.2. The van der Waals surface area contributed by atoms with Gasteiger partial charge in [0.25, 0.3) is 0 Å². The minimum atomic E-state index is -3.97. The highest BCUT2D eigenvalue weighted by Gasteiger charge is 2.35. The summed E-state index contributed by atoms with van der Waals surface area (Å²) in [6.45, 7) is 0.390. The van der Waals surface area contributed by atoms with E-state index < -0.39 is 21.9 Å². The number of nitrogens with one attached hydrogen (secondary N) is 1. The Kier molecular flexibility index (Phi) is 4.73. The Bertz CT molecular complexity index is 884. The van der Waals surface area contributed by atoms with Gasteiger partial charge in [-0.05, 0) is 48.9 Å². The number of hydrogen-bond acceptors (Lipinski definition) is 4. The molecule has 3 rings (SSSR count). The minimum absolute atomic E-state index is 0.205. The largest absolute Gasteiger partial charge is 0.497 e. The summed E-state index contributed by atoms with van der Waals surface area (Å²) in [5.41, 5.74) is 0.665. The van der Waals surface area contributed by atoms with Gasteiger partial charge in [0.1, 0.15) is 17.6 Å². The topological polar surface area (TPSA) is 75.7 Å². The van der Waals surface area contributed by atoms with E-state index >= 15 is 0 Å². The third kappa shape index (κ3) is 3.64. The van der Waals surface area contributed by atoms with Gasteiger partial charge in [0.2, 0.25) is 15.9 Å². The molecule has 0 aromatic heterocycles. The lowest BCUT2D eigenvalue weighted by molar-refractivity contribution is -0.118. The van der Waals surface area contributed by atoms with Crippen molar-refractivity contribution in [1.29, 1.82) is 0 Å². The average molecular weight is 364 g/mol. The van der Waals surface area contributed by atoms with Gasteiger partial charge < -0.3 is 9.64 Å². The van der Waals surface area contributed by atoms with Crippen LogP contribution in [0.4, 0.5) is 10.1 Å². The fourth-order valence-electron chi connectivity index (χ4n) is 2.70. The van der Waals surface area contributed by atoms with Gasteiger partial charge in [0, 0.05) is 12.2 Å². The molecule has 0 aliphatic carbocycles. The highest BCUT2D eigenvalue weighted by molar-refractivity contribution is 7.89. The Labute approximate surface area is 145 Å². The van der Waals surface area contributed by atoms with Crippen LogP contribution in [0.3, 0.4) is 0 Å². The molecule has 1 saturated heterocycles.